The smallest absolute Gasteiger partial charge is 0.418 e. The van der Waals surface area contributed by atoms with Crippen molar-refractivity contribution in [2.24, 2.45) is 0 Å². The van der Waals surface area contributed by atoms with Gasteiger partial charge in [0.25, 0.3) is 0 Å². The quantitative estimate of drug-likeness (QED) is 0.569. The third-order valence-corrected chi connectivity index (χ3v) is 1.86. The highest BCUT2D eigenvalue weighted by molar-refractivity contribution is 5.89. The second-order valence-electron chi connectivity index (χ2n) is 3.06. The van der Waals surface area contributed by atoms with E-state index in [4.69, 9.17) is 4.42 Å². The molecule has 0 saturated heterocycles. The Hall–Kier alpha value is -2.55. The molecule has 0 aromatic carbocycles. The first kappa shape index (κ1) is 11.0. The van der Waals surface area contributed by atoms with Gasteiger partial charge in [-0.25, -0.2) is 14.6 Å². The molecule has 0 bridgehead atoms. The predicted octanol–water partition coefficient (Wildman–Crippen LogP) is 0.431. The molecule has 0 amide bonds. The van der Waals surface area contributed by atoms with E-state index in [9.17, 15) is 9.59 Å². The molecule has 2 heterocycles. The number of aromatic amines is 1. The number of carbonyl (C=O) groups is 1. The van der Waals surface area contributed by atoms with E-state index < -0.39 is 11.7 Å². The standard InChI is InChI=1S/C11H8N2O4/c1-2-16-9(14)4-3-7-5-8-10(12-6-7)13-11(15)17-8/h5-6H,2H2,1H3,(H,12,13,15). The minimum absolute atomic E-state index is 0.275. The maximum atomic E-state index is 11.0. The lowest BCUT2D eigenvalue weighted by atomic mass is 10.3. The van der Waals surface area contributed by atoms with Crippen LogP contribution in [0.5, 0.6) is 0 Å². The first-order chi connectivity index (χ1) is 8.19. The van der Waals surface area contributed by atoms with Crippen molar-refractivity contribution in [1.82, 2.24) is 9.97 Å². The molecule has 0 aliphatic rings. The third-order valence-electron chi connectivity index (χ3n) is 1.86. The first-order valence-electron chi connectivity index (χ1n) is 4.86. The normalized spacial score (nSPS) is 9.71. The molecule has 0 spiro atoms. The van der Waals surface area contributed by atoms with Crippen molar-refractivity contribution in [3.05, 3.63) is 28.4 Å². The SMILES string of the molecule is CCOC(=O)C#Cc1cnc2[nH]c(=O)oc2c1. The van der Waals surface area contributed by atoms with Crippen molar-refractivity contribution >= 4 is 17.2 Å². The number of nitrogens with one attached hydrogen (secondary N) is 1. The number of oxazole rings is 1. The van der Waals surface area contributed by atoms with E-state index in [0.717, 1.165) is 0 Å². The highest BCUT2D eigenvalue weighted by Gasteiger charge is 2.02. The Morgan fingerprint density at radius 3 is 3.24 bits per heavy atom. The minimum atomic E-state index is -0.608. The van der Waals surface area contributed by atoms with Crippen molar-refractivity contribution < 1.29 is 13.9 Å². The zero-order chi connectivity index (χ0) is 12.3. The summed E-state index contributed by atoms with van der Waals surface area (Å²) in [6.45, 7) is 1.97. The number of fused-ring (bicyclic) bond motifs is 1. The fourth-order valence-electron chi connectivity index (χ4n) is 1.20. The van der Waals surface area contributed by atoms with Crippen LogP contribution in [0.2, 0.25) is 0 Å². The van der Waals surface area contributed by atoms with Gasteiger partial charge < -0.3 is 9.15 Å². The van der Waals surface area contributed by atoms with Crippen LogP contribution in [0, 0.1) is 11.8 Å². The molecular formula is C11H8N2O4. The number of hydrogen-bond acceptors (Lipinski definition) is 5. The molecule has 0 saturated carbocycles. The highest BCUT2D eigenvalue weighted by Crippen LogP contribution is 2.07. The zero-order valence-electron chi connectivity index (χ0n) is 8.94. The number of pyridine rings is 1. The summed E-state index contributed by atoms with van der Waals surface area (Å²) in [7, 11) is 0. The van der Waals surface area contributed by atoms with Gasteiger partial charge in [-0.2, -0.15) is 0 Å². The van der Waals surface area contributed by atoms with Gasteiger partial charge in [0.05, 0.1) is 6.61 Å². The minimum Gasteiger partial charge on any atom is -0.456 e. The molecule has 17 heavy (non-hydrogen) atoms. The number of H-pyrrole nitrogens is 1. The molecule has 2 aromatic rings. The van der Waals surface area contributed by atoms with Crippen LogP contribution in [0.15, 0.2) is 21.5 Å². The van der Waals surface area contributed by atoms with E-state index in [-0.39, 0.29) is 6.61 Å². The number of ether oxygens (including phenoxy) is 1. The first-order valence-corrected chi connectivity index (χ1v) is 4.86. The number of esters is 1. The second-order valence-corrected chi connectivity index (χ2v) is 3.06. The maximum Gasteiger partial charge on any atom is 0.418 e. The number of hydrogen-bond donors (Lipinski definition) is 1. The summed E-state index contributed by atoms with van der Waals surface area (Å²) in [5.41, 5.74) is 1.11. The summed E-state index contributed by atoms with van der Waals surface area (Å²) < 4.78 is 9.45. The molecule has 0 aliphatic carbocycles. The van der Waals surface area contributed by atoms with Crippen molar-refractivity contribution in [3.63, 3.8) is 0 Å². The van der Waals surface area contributed by atoms with E-state index in [1.165, 1.54) is 12.3 Å². The predicted molar refractivity (Wildman–Crippen MR) is 58.1 cm³/mol. The molecule has 1 N–H and O–H groups in total. The van der Waals surface area contributed by atoms with E-state index in [0.29, 0.717) is 16.8 Å². The van der Waals surface area contributed by atoms with Gasteiger partial charge in [-0.15, -0.1) is 0 Å². The highest BCUT2D eigenvalue weighted by atomic mass is 16.5. The fourth-order valence-corrected chi connectivity index (χ4v) is 1.20. The summed E-state index contributed by atoms with van der Waals surface area (Å²) in [5.74, 6) is 3.67. The average Bonchev–Trinajstić information content (AvgIpc) is 2.66. The maximum absolute atomic E-state index is 11.0. The van der Waals surface area contributed by atoms with Crippen LogP contribution in [0.3, 0.4) is 0 Å². The van der Waals surface area contributed by atoms with Gasteiger partial charge in [0, 0.05) is 23.7 Å². The molecular weight excluding hydrogens is 224 g/mol. The number of aromatic nitrogens is 2. The van der Waals surface area contributed by atoms with Crippen LogP contribution in [0.4, 0.5) is 0 Å². The van der Waals surface area contributed by atoms with Crippen LogP contribution in [-0.2, 0) is 9.53 Å². The summed E-state index contributed by atoms with van der Waals surface area (Å²) in [6, 6.07) is 1.52. The van der Waals surface area contributed by atoms with E-state index in [1.807, 2.05) is 0 Å². The zero-order valence-corrected chi connectivity index (χ0v) is 8.94. The Labute approximate surface area is 95.6 Å². The van der Waals surface area contributed by atoms with Crippen molar-refractivity contribution in [2.45, 2.75) is 6.92 Å². The molecule has 0 fully saturated rings. The molecule has 2 rings (SSSR count). The van der Waals surface area contributed by atoms with Crippen molar-refractivity contribution in [1.29, 1.82) is 0 Å². The van der Waals surface area contributed by atoms with E-state index in [2.05, 4.69) is 26.5 Å². The van der Waals surface area contributed by atoms with Gasteiger partial charge in [-0.05, 0) is 6.92 Å². The van der Waals surface area contributed by atoms with Gasteiger partial charge in [-0.3, -0.25) is 4.98 Å². The van der Waals surface area contributed by atoms with Crippen LogP contribution in [0.25, 0.3) is 11.2 Å². The van der Waals surface area contributed by atoms with Crippen LogP contribution >= 0.6 is 0 Å². The summed E-state index contributed by atoms with van der Waals surface area (Å²) in [6.07, 6.45) is 1.43. The molecule has 0 unspecified atom stereocenters. The Bertz CT molecular complexity index is 672. The number of nitrogens with zero attached hydrogens (tertiary/aromatic N) is 1. The molecule has 2 aromatic heterocycles. The van der Waals surface area contributed by atoms with Crippen molar-refractivity contribution in [2.75, 3.05) is 6.61 Å². The van der Waals surface area contributed by atoms with Crippen LogP contribution < -0.4 is 5.76 Å². The Morgan fingerprint density at radius 1 is 1.65 bits per heavy atom. The summed E-state index contributed by atoms with van der Waals surface area (Å²) in [4.78, 5) is 28.2. The van der Waals surface area contributed by atoms with E-state index >= 15 is 0 Å². The van der Waals surface area contributed by atoms with Crippen LogP contribution in [0.1, 0.15) is 12.5 Å². The Balaban J connectivity index is 2.30. The molecule has 0 radical (unpaired) electrons. The summed E-state index contributed by atoms with van der Waals surface area (Å²) >= 11 is 0. The second kappa shape index (κ2) is 4.53. The fraction of sp³-hybridized carbons (Fsp3) is 0.182. The monoisotopic (exact) mass is 232 g/mol. The molecule has 6 nitrogen and oxygen atoms in total. The number of rotatable bonds is 1. The lowest BCUT2D eigenvalue weighted by molar-refractivity contribution is -0.136. The molecule has 6 heteroatoms. The lowest BCUT2D eigenvalue weighted by Crippen LogP contribution is -1.99. The average molecular weight is 232 g/mol. The Morgan fingerprint density at radius 2 is 2.47 bits per heavy atom. The van der Waals surface area contributed by atoms with Gasteiger partial charge in [-0.1, -0.05) is 5.92 Å². The van der Waals surface area contributed by atoms with E-state index in [1.54, 1.807) is 6.92 Å². The molecule has 86 valence electrons. The largest absolute Gasteiger partial charge is 0.456 e. The van der Waals surface area contributed by atoms with Gasteiger partial charge in [0.2, 0.25) is 0 Å². The van der Waals surface area contributed by atoms with Gasteiger partial charge in [0.1, 0.15) is 0 Å². The Kier molecular flexibility index (Phi) is 2.92. The molecule has 0 atom stereocenters. The number of carbonyl (C=O) groups excluding carboxylic acids is 1. The topological polar surface area (TPSA) is 85.2 Å². The lowest BCUT2D eigenvalue weighted by Gasteiger charge is -1.91. The summed E-state index contributed by atoms with van der Waals surface area (Å²) in [5, 5.41) is 0. The van der Waals surface area contributed by atoms with Gasteiger partial charge >= 0.3 is 11.7 Å². The molecule has 0 aliphatic heterocycles. The van der Waals surface area contributed by atoms with Crippen molar-refractivity contribution in [3.8, 4) is 11.8 Å². The third kappa shape index (κ3) is 2.52. The van der Waals surface area contributed by atoms with Gasteiger partial charge in [0.15, 0.2) is 11.2 Å². The van der Waals surface area contributed by atoms with Crippen LogP contribution in [-0.4, -0.2) is 22.5 Å².